The number of nitrogens with one attached hydrogen (secondary N) is 1. The Morgan fingerprint density at radius 1 is 1.14 bits per heavy atom. The van der Waals surface area contributed by atoms with Crippen molar-refractivity contribution in [1.29, 1.82) is 0 Å². The molecule has 0 radical (unpaired) electrons. The third kappa shape index (κ3) is 5.81. The van der Waals surface area contributed by atoms with Crippen LogP contribution in [-0.2, 0) is 16.1 Å². The van der Waals surface area contributed by atoms with Gasteiger partial charge >= 0.3 is 0 Å². The summed E-state index contributed by atoms with van der Waals surface area (Å²) in [6.45, 7) is 7.90. The molecule has 2 unspecified atom stereocenters. The van der Waals surface area contributed by atoms with Crippen molar-refractivity contribution in [3.63, 3.8) is 0 Å². The Hall–Kier alpha value is -2.58. The highest BCUT2D eigenvalue weighted by molar-refractivity contribution is 7.99. The Morgan fingerprint density at radius 3 is 2.71 bits per heavy atom. The van der Waals surface area contributed by atoms with Gasteiger partial charge in [0.15, 0.2) is 5.16 Å². The number of fused-ring (bicyclic) bond motifs is 1. The molecule has 1 N–H and O–H groups in total. The first kappa shape index (κ1) is 24.1. The van der Waals surface area contributed by atoms with Crippen LogP contribution >= 0.6 is 11.8 Å². The van der Waals surface area contributed by atoms with Gasteiger partial charge in [0.2, 0.25) is 11.9 Å². The fourth-order valence-corrected chi connectivity index (χ4v) is 5.71. The molecular formula is C27H35N5O2S. The van der Waals surface area contributed by atoms with Gasteiger partial charge in [0.05, 0.1) is 24.4 Å². The van der Waals surface area contributed by atoms with Gasteiger partial charge < -0.3 is 15.0 Å². The molecule has 2 saturated heterocycles. The lowest BCUT2D eigenvalue weighted by atomic mass is 10.00. The molecule has 2 aliphatic heterocycles. The van der Waals surface area contributed by atoms with E-state index in [-0.39, 0.29) is 18.1 Å². The maximum Gasteiger partial charge on any atom is 0.230 e. The molecule has 1 aromatic heterocycles. The predicted octanol–water partition coefficient (Wildman–Crippen LogP) is 4.82. The summed E-state index contributed by atoms with van der Waals surface area (Å²) in [4.78, 5) is 15.2. The van der Waals surface area contributed by atoms with E-state index >= 15 is 0 Å². The van der Waals surface area contributed by atoms with E-state index in [0.29, 0.717) is 5.75 Å². The van der Waals surface area contributed by atoms with Crippen LogP contribution in [0.1, 0.15) is 51.1 Å². The standard InChI is InChI=1S/C27H35N5O2S/c1-19-11-13-31(14-12-19)26-29-30-27(32(26)17-24-8-5-15-34-24)35-18-25(33)28-20(2)22-10-9-21-6-3-4-7-23(21)16-22/h3-4,6-7,9-10,16,19-20,24H,5,8,11-15,17-18H2,1-2H3,(H,28,33). The molecule has 2 fully saturated rings. The lowest BCUT2D eigenvalue weighted by molar-refractivity contribution is -0.119. The van der Waals surface area contributed by atoms with E-state index in [1.807, 2.05) is 19.1 Å². The maximum atomic E-state index is 12.8. The fraction of sp³-hybridized carbons (Fsp3) is 0.519. The number of rotatable bonds is 8. The number of hydrogen-bond donors (Lipinski definition) is 1. The molecule has 0 aliphatic carbocycles. The number of nitrogens with zero attached hydrogens (tertiary/aromatic N) is 4. The number of carbonyl (C=O) groups excluding carboxylic acids is 1. The summed E-state index contributed by atoms with van der Waals surface area (Å²) in [6.07, 6.45) is 4.69. The number of hydrogen-bond acceptors (Lipinski definition) is 6. The number of piperidine rings is 1. The van der Waals surface area contributed by atoms with E-state index in [1.165, 1.54) is 35.4 Å². The number of carbonyl (C=O) groups is 1. The molecule has 2 aliphatic rings. The first-order valence-corrected chi connectivity index (χ1v) is 13.8. The highest BCUT2D eigenvalue weighted by Gasteiger charge is 2.26. The lowest BCUT2D eigenvalue weighted by Gasteiger charge is -2.31. The van der Waals surface area contributed by atoms with Crippen LogP contribution < -0.4 is 10.2 Å². The first-order chi connectivity index (χ1) is 17.1. The van der Waals surface area contributed by atoms with Crippen LogP contribution in [0.4, 0.5) is 5.95 Å². The monoisotopic (exact) mass is 493 g/mol. The van der Waals surface area contributed by atoms with Gasteiger partial charge in [0.25, 0.3) is 0 Å². The average molecular weight is 494 g/mol. The van der Waals surface area contributed by atoms with Gasteiger partial charge in [-0.1, -0.05) is 55.1 Å². The molecule has 0 spiro atoms. The Balaban J connectivity index is 1.24. The van der Waals surface area contributed by atoms with E-state index in [9.17, 15) is 4.79 Å². The van der Waals surface area contributed by atoms with Crippen LogP contribution in [0.3, 0.4) is 0 Å². The minimum absolute atomic E-state index is 0.00401. The molecule has 8 heteroatoms. The Morgan fingerprint density at radius 2 is 1.94 bits per heavy atom. The zero-order valence-corrected chi connectivity index (χ0v) is 21.5. The minimum Gasteiger partial charge on any atom is -0.376 e. The number of benzene rings is 2. The van der Waals surface area contributed by atoms with Gasteiger partial charge in [-0.25, -0.2) is 0 Å². The normalized spacial score (nSPS) is 19.8. The van der Waals surface area contributed by atoms with Crippen molar-refractivity contribution in [1.82, 2.24) is 20.1 Å². The molecule has 5 rings (SSSR count). The van der Waals surface area contributed by atoms with E-state index in [0.717, 1.165) is 61.7 Å². The molecule has 7 nitrogen and oxygen atoms in total. The van der Waals surface area contributed by atoms with Crippen molar-refractivity contribution in [2.45, 2.75) is 63.4 Å². The molecule has 3 aromatic rings. The smallest absolute Gasteiger partial charge is 0.230 e. The summed E-state index contributed by atoms with van der Waals surface area (Å²) >= 11 is 1.46. The Bertz CT molecular complexity index is 1150. The third-order valence-electron chi connectivity index (χ3n) is 7.16. The van der Waals surface area contributed by atoms with Gasteiger partial charge in [0.1, 0.15) is 0 Å². The second-order valence-electron chi connectivity index (χ2n) is 9.88. The highest BCUT2D eigenvalue weighted by Crippen LogP contribution is 2.28. The van der Waals surface area contributed by atoms with Gasteiger partial charge in [-0.15, -0.1) is 10.2 Å². The largest absolute Gasteiger partial charge is 0.376 e. The van der Waals surface area contributed by atoms with Crippen LogP contribution in [0.2, 0.25) is 0 Å². The van der Waals surface area contributed by atoms with Crippen molar-refractivity contribution in [3.8, 4) is 0 Å². The number of thioether (sulfide) groups is 1. The van der Waals surface area contributed by atoms with E-state index in [2.05, 4.69) is 62.2 Å². The summed E-state index contributed by atoms with van der Waals surface area (Å²) < 4.78 is 8.09. The number of amides is 1. The third-order valence-corrected chi connectivity index (χ3v) is 8.12. The number of ether oxygens (including phenoxy) is 1. The van der Waals surface area contributed by atoms with E-state index in [4.69, 9.17) is 4.74 Å². The zero-order valence-electron chi connectivity index (χ0n) is 20.7. The highest BCUT2D eigenvalue weighted by atomic mass is 32.2. The van der Waals surface area contributed by atoms with Gasteiger partial charge in [-0.2, -0.15) is 0 Å². The quantitative estimate of drug-likeness (QED) is 0.454. The number of anilines is 1. The van der Waals surface area contributed by atoms with E-state index < -0.39 is 0 Å². The molecule has 3 heterocycles. The van der Waals surface area contributed by atoms with Gasteiger partial charge in [-0.3, -0.25) is 9.36 Å². The predicted molar refractivity (Wildman–Crippen MR) is 141 cm³/mol. The molecule has 35 heavy (non-hydrogen) atoms. The van der Waals surface area contributed by atoms with E-state index in [1.54, 1.807) is 0 Å². The molecule has 2 atom stereocenters. The van der Waals surface area contributed by atoms with Crippen LogP contribution in [0.5, 0.6) is 0 Å². The summed E-state index contributed by atoms with van der Waals surface area (Å²) in [6, 6.07) is 14.6. The van der Waals surface area contributed by atoms with Crippen molar-refractivity contribution in [3.05, 3.63) is 48.0 Å². The minimum atomic E-state index is -0.0663. The summed E-state index contributed by atoms with van der Waals surface area (Å²) in [7, 11) is 0. The van der Waals surface area contributed by atoms with Gasteiger partial charge in [-0.05, 0) is 60.9 Å². The number of aromatic nitrogens is 3. The van der Waals surface area contributed by atoms with Crippen molar-refractivity contribution >= 4 is 34.4 Å². The van der Waals surface area contributed by atoms with Gasteiger partial charge in [0, 0.05) is 19.7 Å². The fourth-order valence-electron chi connectivity index (χ4n) is 4.96. The molecule has 2 aromatic carbocycles. The summed E-state index contributed by atoms with van der Waals surface area (Å²) in [5.74, 6) is 1.97. The molecule has 186 valence electrons. The molecule has 1 amide bonds. The molecule has 0 saturated carbocycles. The maximum absolute atomic E-state index is 12.8. The first-order valence-electron chi connectivity index (χ1n) is 12.8. The summed E-state index contributed by atoms with van der Waals surface area (Å²) in [5.41, 5.74) is 1.10. The second-order valence-corrected chi connectivity index (χ2v) is 10.8. The van der Waals surface area contributed by atoms with Crippen LogP contribution in [0.15, 0.2) is 47.6 Å². The van der Waals surface area contributed by atoms with Crippen LogP contribution in [-0.4, -0.2) is 52.2 Å². The summed E-state index contributed by atoms with van der Waals surface area (Å²) in [5, 5.41) is 15.4. The van der Waals surface area contributed by atoms with Crippen LogP contribution in [0, 0.1) is 5.92 Å². The molecular weight excluding hydrogens is 458 g/mol. The van der Waals surface area contributed by atoms with Crippen molar-refractivity contribution in [2.75, 3.05) is 30.3 Å². The average Bonchev–Trinajstić information content (AvgIpc) is 3.53. The SMILES string of the molecule is CC1CCN(c2nnc(SCC(=O)NC(C)c3ccc4ccccc4c3)n2CC2CCCO2)CC1. The topological polar surface area (TPSA) is 72.3 Å². The lowest BCUT2D eigenvalue weighted by Crippen LogP contribution is -2.35. The van der Waals surface area contributed by atoms with Crippen molar-refractivity contribution in [2.24, 2.45) is 5.92 Å². The van der Waals surface area contributed by atoms with Crippen molar-refractivity contribution < 1.29 is 9.53 Å². The molecule has 0 bridgehead atoms. The second kappa shape index (κ2) is 11.0. The zero-order chi connectivity index (χ0) is 24.2. The Labute approximate surface area is 211 Å². The Kier molecular flexibility index (Phi) is 7.58. The van der Waals surface area contributed by atoms with Crippen LogP contribution in [0.25, 0.3) is 10.8 Å².